The van der Waals surface area contributed by atoms with E-state index in [4.69, 9.17) is 4.74 Å². The highest BCUT2D eigenvalue weighted by Gasteiger charge is 2.45. The summed E-state index contributed by atoms with van der Waals surface area (Å²) in [5, 5.41) is 0. The molecule has 1 aromatic carbocycles. The van der Waals surface area contributed by atoms with Gasteiger partial charge in [0.2, 0.25) is 0 Å². The number of rotatable bonds is 2. The Morgan fingerprint density at radius 1 is 1.04 bits per heavy atom. The standard InChI is InChI=1S/C19H28N2O2/c1-18(2,3)23-17(22)20-12-14-21(15-13-20)19(10-7-11-19)16-8-5-4-6-9-16/h4-6,8-9H,7,10-15H2,1-3H3. The second-order valence-corrected chi connectivity index (χ2v) is 7.71. The van der Waals surface area contributed by atoms with Gasteiger partial charge in [0.1, 0.15) is 5.60 Å². The van der Waals surface area contributed by atoms with Gasteiger partial charge in [0, 0.05) is 31.7 Å². The maximum Gasteiger partial charge on any atom is 0.410 e. The van der Waals surface area contributed by atoms with E-state index in [1.54, 1.807) is 0 Å². The molecule has 4 heteroatoms. The molecule has 1 amide bonds. The van der Waals surface area contributed by atoms with Gasteiger partial charge in [-0.05, 0) is 45.6 Å². The SMILES string of the molecule is CC(C)(C)OC(=O)N1CCN(C2(c3ccccc3)CCC2)CC1. The Hall–Kier alpha value is -1.55. The first kappa shape index (κ1) is 16.3. The third kappa shape index (κ3) is 3.37. The average molecular weight is 316 g/mol. The lowest BCUT2D eigenvalue weighted by molar-refractivity contribution is -0.0325. The van der Waals surface area contributed by atoms with Gasteiger partial charge in [-0.1, -0.05) is 30.3 Å². The van der Waals surface area contributed by atoms with Gasteiger partial charge < -0.3 is 9.64 Å². The Labute approximate surface area is 139 Å². The van der Waals surface area contributed by atoms with E-state index in [9.17, 15) is 4.79 Å². The highest BCUT2D eigenvalue weighted by molar-refractivity contribution is 5.68. The van der Waals surface area contributed by atoms with Crippen LogP contribution in [0.5, 0.6) is 0 Å². The number of hydrogen-bond acceptors (Lipinski definition) is 3. The summed E-state index contributed by atoms with van der Waals surface area (Å²) in [6.07, 6.45) is 3.56. The quantitative estimate of drug-likeness (QED) is 0.835. The number of nitrogens with zero attached hydrogens (tertiary/aromatic N) is 2. The van der Waals surface area contributed by atoms with E-state index in [-0.39, 0.29) is 11.6 Å². The van der Waals surface area contributed by atoms with Crippen molar-refractivity contribution in [2.24, 2.45) is 0 Å². The molecule has 0 spiro atoms. The van der Waals surface area contributed by atoms with Crippen molar-refractivity contribution in [1.29, 1.82) is 0 Å². The van der Waals surface area contributed by atoms with Gasteiger partial charge in [0.25, 0.3) is 0 Å². The van der Waals surface area contributed by atoms with Gasteiger partial charge in [-0.15, -0.1) is 0 Å². The molecule has 0 bridgehead atoms. The Balaban J connectivity index is 1.63. The van der Waals surface area contributed by atoms with Crippen LogP contribution in [0.1, 0.15) is 45.6 Å². The minimum Gasteiger partial charge on any atom is -0.444 e. The monoisotopic (exact) mass is 316 g/mol. The molecule has 126 valence electrons. The maximum atomic E-state index is 12.2. The molecule has 1 saturated heterocycles. The summed E-state index contributed by atoms with van der Waals surface area (Å²) in [5.41, 5.74) is 1.20. The predicted octanol–water partition coefficient (Wildman–Crippen LogP) is 3.62. The highest BCUT2D eigenvalue weighted by atomic mass is 16.6. The summed E-state index contributed by atoms with van der Waals surface area (Å²) in [4.78, 5) is 16.6. The maximum absolute atomic E-state index is 12.2. The fourth-order valence-corrected chi connectivity index (χ4v) is 3.69. The van der Waals surface area contributed by atoms with E-state index < -0.39 is 5.60 Å². The molecule has 1 saturated carbocycles. The molecule has 0 N–H and O–H groups in total. The minimum absolute atomic E-state index is 0.181. The van der Waals surface area contributed by atoms with Crippen LogP contribution in [-0.4, -0.2) is 47.7 Å². The summed E-state index contributed by atoms with van der Waals surface area (Å²) in [7, 11) is 0. The van der Waals surface area contributed by atoms with Gasteiger partial charge in [0.15, 0.2) is 0 Å². The van der Waals surface area contributed by atoms with Gasteiger partial charge >= 0.3 is 6.09 Å². The van der Waals surface area contributed by atoms with Crippen LogP contribution in [0.3, 0.4) is 0 Å². The first-order chi connectivity index (χ1) is 10.9. The lowest BCUT2D eigenvalue weighted by atomic mass is 9.70. The average Bonchev–Trinajstić information content (AvgIpc) is 2.46. The van der Waals surface area contributed by atoms with Crippen LogP contribution in [0.4, 0.5) is 4.79 Å². The van der Waals surface area contributed by atoms with Gasteiger partial charge in [0.05, 0.1) is 0 Å². The third-order valence-electron chi connectivity index (χ3n) is 5.03. The molecule has 2 fully saturated rings. The summed E-state index contributed by atoms with van der Waals surface area (Å²) >= 11 is 0. The van der Waals surface area contributed by atoms with Crippen LogP contribution in [0.2, 0.25) is 0 Å². The fraction of sp³-hybridized carbons (Fsp3) is 0.632. The number of benzene rings is 1. The normalized spacial score (nSPS) is 21.6. The van der Waals surface area contributed by atoms with E-state index in [1.807, 2.05) is 25.7 Å². The van der Waals surface area contributed by atoms with Crippen molar-refractivity contribution in [3.8, 4) is 0 Å². The Bertz CT molecular complexity index is 538. The molecule has 0 aromatic heterocycles. The number of carbonyl (C=O) groups excluding carboxylic acids is 1. The predicted molar refractivity (Wildman–Crippen MR) is 91.4 cm³/mol. The largest absolute Gasteiger partial charge is 0.444 e. The van der Waals surface area contributed by atoms with Crippen LogP contribution in [-0.2, 0) is 10.3 Å². The summed E-state index contributed by atoms with van der Waals surface area (Å²) < 4.78 is 5.49. The Kier molecular flexibility index (Phi) is 4.37. The van der Waals surface area contributed by atoms with Crippen LogP contribution in [0, 0.1) is 0 Å². The van der Waals surface area contributed by atoms with Crippen molar-refractivity contribution in [1.82, 2.24) is 9.80 Å². The Morgan fingerprint density at radius 2 is 1.65 bits per heavy atom. The third-order valence-corrected chi connectivity index (χ3v) is 5.03. The fourth-order valence-electron chi connectivity index (χ4n) is 3.69. The molecule has 0 unspecified atom stereocenters. The van der Waals surface area contributed by atoms with Crippen LogP contribution in [0.15, 0.2) is 30.3 Å². The van der Waals surface area contributed by atoms with Gasteiger partial charge in [-0.2, -0.15) is 0 Å². The number of carbonyl (C=O) groups is 1. The second kappa shape index (κ2) is 6.16. The topological polar surface area (TPSA) is 32.8 Å². The molecule has 1 aliphatic heterocycles. The molecule has 1 aromatic rings. The molecule has 1 heterocycles. The van der Waals surface area contributed by atoms with Crippen molar-refractivity contribution in [2.75, 3.05) is 26.2 Å². The molecule has 2 aliphatic rings. The molecule has 1 aliphatic carbocycles. The lowest BCUT2D eigenvalue weighted by Crippen LogP contribution is -2.59. The van der Waals surface area contributed by atoms with Crippen LogP contribution >= 0.6 is 0 Å². The molecule has 3 rings (SSSR count). The zero-order valence-electron chi connectivity index (χ0n) is 14.5. The number of hydrogen-bond donors (Lipinski definition) is 0. The van der Waals surface area contributed by atoms with E-state index in [0.717, 1.165) is 26.2 Å². The molecule has 23 heavy (non-hydrogen) atoms. The molecule has 4 nitrogen and oxygen atoms in total. The van der Waals surface area contributed by atoms with E-state index in [1.165, 1.54) is 24.8 Å². The number of ether oxygens (including phenoxy) is 1. The molecular weight excluding hydrogens is 288 g/mol. The zero-order chi connectivity index (χ0) is 16.5. The van der Waals surface area contributed by atoms with Gasteiger partial charge in [-0.25, -0.2) is 4.79 Å². The summed E-state index contributed by atoms with van der Waals surface area (Å²) in [5.74, 6) is 0. The van der Waals surface area contributed by atoms with E-state index in [0.29, 0.717) is 0 Å². The molecule has 0 atom stereocenters. The highest BCUT2D eigenvalue weighted by Crippen LogP contribution is 2.46. The number of amides is 1. The van der Waals surface area contributed by atoms with Crippen LogP contribution < -0.4 is 0 Å². The summed E-state index contributed by atoms with van der Waals surface area (Å²) in [6, 6.07) is 10.8. The lowest BCUT2D eigenvalue weighted by Gasteiger charge is -2.53. The Morgan fingerprint density at radius 3 is 2.13 bits per heavy atom. The summed E-state index contributed by atoms with van der Waals surface area (Å²) in [6.45, 7) is 9.11. The minimum atomic E-state index is -0.423. The number of piperazine rings is 1. The second-order valence-electron chi connectivity index (χ2n) is 7.71. The van der Waals surface area contributed by atoms with E-state index >= 15 is 0 Å². The van der Waals surface area contributed by atoms with Crippen molar-refractivity contribution in [2.45, 2.75) is 51.2 Å². The molecular formula is C19H28N2O2. The van der Waals surface area contributed by atoms with Crippen molar-refractivity contribution in [3.63, 3.8) is 0 Å². The van der Waals surface area contributed by atoms with Gasteiger partial charge in [-0.3, -0.25) is 4.90 Å². The molecule has 0 radical (unpaired) electrons. The first-order valence-corrected chi connectivity index (χ1v) is 8.69. The van der Waals surface area contributed by atoms with E-state index in [2.05, 4.69) is 35.2 Å². The van der Waals surface area contributed by atoms with Crippen molar-refractivity contribution < 1.29 is 9.53 Å². The van der Waals surface area contributed by atoms with Crippen LogP contribution in [0.25, 0.3) is 0 Å². The van der Waals surface area contributed by atoms with Crippen molar-refractivity contribution in [3.05, 3.63) is 35.9 Å². The smallest absolute Gasteiger partial charge is 0.410 e. The zero-order valence-corrected chi connectivity index (χ0v) is 14.5. The first-order valence-electron chi connectivity index (χ1n) is 8.69. The van der Waals surface area contributed by atoms with Crippen molar-refractivity contribution >= 4 is 6.09 Å².